The number of rotatable bonds is 7. The Hall–Kier alpha value is -2.34. The van der Waals surface area contributed by atoms with Crippen molar-refractivity contribution in [2.45, 2.75) is 17.9 Å². The van der Waals surface area contributed by atoms with Crippen LogP contribution in [-0.4, -0.2) is 26.9 Å². The first-order chi connectivity index (χ1) is 11.0. The highest BCUT2D eigenvalue weighted by molar-refractivity contribution is 7.90. The van der Waals surface area contributed by atoms with Crippen LogP contribution < -0.4 is 0 Å². The number of hydrogen-bond acceptors (Lipinski definition) is 3. The predicted octanol–water partition coefficient (Wildman–Crippen LogP) is 3.36. The number of azide groups is 1. The number of hydrogen-bond donors (Lipinski definition) is 0. The third-order valence-electron chi connectivity index (χ3n) is 3.44. The first-order valence-corrected chi connectivity index (χ1v) is 8.58. The van der Waals surface area contributed by atoms with E-state index in [0.717, 1.165) is 18.5 Å². The summed E-state index contributed by atoms with van der Waals surface area (Å²) in [5.74, 6) is 0. The molecule has 0 heterocycles. The Labute approximate surface area is 136 Å². The first kappa shape index (κ1) is 17.0. The Morgan fingerprint density at radius 2 is 1.70 bits per heavy atom. The molecule has 7 heteroatoms. The maximum atomic E-state index is 11.6. The molecule has 0 fully saturated rings. The average Bonchev–Trinajstić information content (AvgIpc) is 2.54. The van der Waals surface area contributed by atoms with Crippen LogP contribution in [0.5, 0.6) is 0 Å². The highest BCUT2D eigenvalue weighted by Crippen LogP contribution is 2.14. The summed E-state index contributed by atoms with van der Waals surface area (Å²) >= 11 is 0. The zero-order valence-corrected chi connectivity index (χ0v) is 13.6. The van der Waals surface area contributed by atoms with E-state index in [1.165, 1.54) is 17.7 Å². The molecule has 0 bridgehead atoms. The van der Waals surface area contributed by atoms with Gasteiger partial charge >= 0.3 is 0 Å². The Bertz CT molecular complexity index is 783. The van der Waals surface area contributed by atoms with Gasteiger partial charge in [-0.15, -0.1) is 0 Å². The minimum atomic E-state index is -3.91. The van der Waals surface area contributed by atoms with Crippen LogP contribution in [0.1, 0.15) is 11.1 Å². The van der Waals surface area contributed by atoms with Gasteiger partial charge in [0.2, 0.25) is 0 Å². The van der Waals surface area contributed by atoms with Crippen molar-refractivity contribution in [2.75, 3.05) is 13.6 Å². The smallest absolute Gasteiger partial charge is 0.264 e. The molecule has 0 spiro atoms. The fraction of sp³-hybridized carbons (Fsp3) is 0.250. The lowest BCUT2D eigenvalue weighted by atomic mass is 10.1. The second kappa shape index (κ2) is 7.78. The normalized spacial score (nSPS) is 11.2. The summed E-state index contributed by atoms with van der Waals surface area (Å²) in [6.45, 7) is 1.62. The highest BCUT2D eigenvalue weighted by Gasteiger charge is 2.11. The Balaban J connectivity index is 1.94. The SMILES string of the molecule is CN(CCc1ccccc1)Cc1ccc(S(=O)(=O)N=[N+]=[N-])cc1. The molecule has 0 unspecified atom stereocenters. The van der Waals surface area contributed by atoms with Crippen LogP contribution in [0.4, 0.5) is 0 Å². The second-order valence-electron chi connectivity index (χ2n) is 5.26. The van der Waals surface area contributed by atoms with Crippen LogP contribution in [0.3, 0.4) is 0 Å². The van der Waals surface area contributed by atoms with Gasteiger partial charge < -0.3 is 4.90 Å². The largest absolute Gasteiger partial charge is 0.302 e. The third kappa shape index (κ3) is 5.10. The second-order valence-corrected chi connectivity index (χ2v) is 6.85. The van der Waals surface area contributed by atoms with Crippen molar-refractivity contribution in [1.82, 2.24) is 4.90 Å². The van der Waals surface area contributed by atoms with E-state index in [1.54, 1.807) is 12.1 Å². The highest BCUT2D eigenvalue weighted by atomic mass is 32.2. The Morgan fingerprint density at radius 3 is 2.30 bits per heavy atom. The molecule has 0 saturated carbocycles. The van der Waals surface area contributed by atoms with Crippen LogP contribution in [0.15, 0.2) is 64.0 Å². The van der Waals surface area contributed by atoms with Gasteiger partial charge in [-0.3, -0.25) is 0 Å². The topological polar surface area (TPSA) is 86.1 Å². The summed E-state index contributed by atoms with van der Waals surface area (Å²) in [6, 6.07) is 16.6. The summed E-state index contributed by atoms with van der Waals surface area (Å²) in [5, 5.41) is 0. The minimum Gasteiger partial charge on any atom is -0.302 e. The summed E-state index contributed by atoms with van der Waals surface area (Å²) in [5.41, 5.74) is 10.5. The Kier molecular flexibility index (Phi) is 5.76. The molecule has 0 saturated heterocycles. The van der Waals surface area contributed by atoms with Crippen molar-refractivity contribution in [1.29, 1.82) is 0 Å². The minimum absolute atomic E-state index is 0.00555. The van der Waals surface area contributed by atoms with Gasteiger partial charge in [-0.25, -0.2) is 8.42 Å². The van der Waals surface area contributed by atoms with Gasteiger partial charge in [0.05, 0.1) is 4.90 Å². The van der Waals surface area contributed by atoms with Crippen molar-refractivity contribution >= 4 is 10.0 Å². The standard InChI is InChI=1S/C16H18N4O2S/c1-20(12-11-14-5-3-2-4-6-14)13-15-7-9-16(10-8-15)23(21,22)19-18-17/h2-10H,11-13H2,1H3. The first-order valence-electron chi connectivity index (χ1n) is 7.14. The van der Waals surface area contributed by atoms with E-state index in [-0.39, 0.29) is 4.90 Å². The lowest BCUT2D eigenvalue weighted by Crippen LogP contribution is -2.20. The van der Waals surface area contributed by atoms with Crippen molar-refractivity contribution < 1.29 is 8.42 Å². The Morgan fingerprint density at radius 1 is 1.04 bits per heavy atom. The zero-order chi connectivity index (χ0) is 16.7. The van der Waals surface area contributed by atoms with Crippen LogP contribution in [0.2, 0.25) is 0 Å². The van der Waals surface area contributed by atoms with Gasteiger partial charge in [-0.1, -0.05) is 42.5 Å². The molecule has 0 radical (unpaired) electrons. The molecule has 2 aromatic carbocycles. The number of sulfonamides is 1. The maximum Gasteiger partial charge on any atom is 0.264 e. The monoisotopic (exact) mass is 330 g/mol. The van der Waals surface area contributed by atoms with E-state index >= 15 is 0 Å². The molecule has 2 aromatic rings. The molecule has 0 aromatic heterocycles. The van der Waals surface area contributed by atoms with E-state index in [9.17, 15) is 8.42 Å². The van der Waals surface area contributed by atoms with Crippen LogP contribution >= 0.6 is 0 Å². The fourth-order valence-corrected chi connectivity index (χ4v) is 2.89. The molecule has 0 aliphatic rings. The van der Waals surface area contributed by atoms with E-state index < -0.39 is 10.0 Å². The summed E-state index contributed by atoms with van der Waals surface area (Å²) in [6.07, 6.45) is 0.959. The number of nitrogens with zero attached hydrogens (tertiary/aromatic N) is 4. The van der Waals surface area contributed by atoms with Crippen LogP contribution in [-0.2, 0) is 23.0 Å². The van der Waals surface area contributed by atoms with Crippen molar-refractivity contribution in [2.24, 2.45) is 4.52 Å². The fourth-order valence-electron chi connectivity index (χ4n) is 2.22. The summed E-state index contributed by atoms with van der Waals surface area (Å²) < 4.78 is 26.0. The molecule has 0 amide bonds. The lowest BCUT2D eigenvalue weighted by Gasteiger charge is -2.16. The molecule has 120 valence electrons. The molecular formula is C16H18N4O2S. The van der Waals surface area contributed by atoms with Gasteiger partial charge in [0.15, 0.2) is 0 Å². The van der Waals surface area contributed by atoms with Gasteiger partial charge in [0.25, 0.3) is 10.0 Å². The zero-order valence-electron chi connectivity index (χ0n) is 12.8. The van der Waals surface area contributed by atoms with Crippen LogP contribution in [0, 0.1) is 0 Å². The molecule has 0 aliphatic heterocycles. The summed E-state index contributed by atoms with van der Waals surface area (Å²) in [4.78, 5) is 4.51. The molecule has 2 rings (SSSR count). The van der Waals surface area contributed by atoms with E-state index in [4.69, 9.17) is 5.53 Å². The molecule has 0 N–H and O–H groups in total. The lowest BCUT2D eigenvalue weighted by molar-refractivity contribution is 0.331. The molecule has 6 nitrogen and oxygen atoms in total. The van der Waals surface area contributed by atoms with Crippen molar-refractivity contribution in [3.8, 4) is 0 Å². The average molecular weight is 330 g/mol. The summed E-state index contributed by atoms with van der Waals surface area (Å²) in [7, 11) is -1.89. The van der Waals surface area contributed by atoms with E-state index in [2.05, 4.69) is 26.5 Å². The van der Waals surface area contributed by atoms with Gasteiger partial charge in [0, 0.05) is 22.5 Å². The van der Waals surface area contributed by atoms with Crippen molar-refractivity contribution in [3.63, 3.8) is 0 Å². The molecule has 0 aliphatic carbocycles. The molecular weight excluding hydrogens is 312 g/mol. The van der Waals surface area contributed by atoms with Gasteiger partial charge in [-0.05, 0) is 42.3 Å². The van der Waals surface area contributed by atoms with Crippen LogP contribution in [0.25, 0.3) is 10.4 Å². The number of benzene rings is 2. The molecule has 0 atom stereocenters. The molecule has 23 heavy (non-hydrogen) atoms. The van der Waals surface area contributed by atoms with Crippen molar-refractivity contribution in [3.05, 3.63) is 76.2 Å². The van der Waals surface area contributed by atoms with Gasteiger partial charge in [-0.2, -0.15) is 0 Å². The quantitative estimate of drug-likeness (QED) is 0.443. The predicted molar refractivity (Wildman–Crippen MR) is 89.3 cm³/mol. The van der Waals surface area contributed by atoms with E-state index in [0.29, 0.717) is 6.54 Å². The van der Waals surface area contributed by atoms with E-state index in [1.807, 2.05) is 25.2 Å². The third-order valence-corrected chi connectivity index (χ3v) is 4.60. The van der Waals surface area contributed by atoms with Gasteiger partial charge in [0.1, 0.15) is 0 Å². The maximum absolute atomic E-state index is 11.6. The number of likely N-dealkylation sites (N-methyl/N-ethyl adjacent to an activating group) is 1.